The smallest absolute Gasteiger partial charge is 0.207 e. The molecule has 0 unspecified atom stereocenters. The summed E-state index contributed by atoms with van der Waals surface area (Å²) in [5.74, 6) is -1.25. The molecule has 0 saturated carbocycles. The molecule has 2 aliphatic rings. The van der Waals surface area contributed by atoms with E-state index in [0.717, 1.165) is 36.4 Å². The van der Waals surface area contributed by atoms with Crippen molar-refractivity contribution < 1.29 is 35.1 Å². The van der Waals surface area contributed by atoms with Crippen LogP contribution in [0.15, 0.2) is 72.8 Å². The number of rotatable bonds is 2. The number of halogens is 8. The van der Waals surface area contributed by atoms with E-state index < -0.39 is 46.1 Å². The number of benzene rings is 4. The molecule has 2 aliphatic carbocycles. The van der Waals surface area contributed by atoms with Gasteiger partial charge in [-0.15, -0.1) is 0 Å². The van der Waals surface area contributed by atoms with Crippen LogP contribution in [0.4, 0.5) is 35.1 Å². The average Bonchev–Trinajstić information content (AvgIpc) is 3.44. The Morgan fingerprint density at radius 2 is 0.881 bits per heavy atom. The van der Waals surface area contributed by atoms with E-state index in [-0.39, 0.29) is 54.8 Å². The second kappa shape index (κ2) is 9.15. The van der Waals surface area contributed by atoms with Crippen LogP contribution in [0.2, 0.25) is 0 Å². The van der Waals surface area contributed by atoms with Gasteiger partial charge in [-0.25, -0.2) is 8.78 Å². The van der Waals surface area contributed by atoms with Gasteiger partial charge in [0.05, 0.1) is 11.1 Å². The molecule has 206 valence electrons. The van der Waals surface area contributed by atoms with Gasteiger partial charge in [0.2, 0.25) is 0 Å². The number of alkyl halides is 6. The first-order chi connectivity index (χ1) is 19.9. The third-order valence-electron chi connectivity index (χ3n) is 7.30. The highest BCUT2D eigenvalue weighted by molar-refractivity contribution is 6.30. The van der Waals surface area contributed by atoms with E-state index in [1.54, 1.807) is 0 Å². The zero-order chi connectivity index (χ0) is 30.1. The van der Waals surface area contributed by atoms with Gasteiger partial charge in [-0.05, 0) is 74.8 Å². The van der Waals surface area contributed by atoms with Crippen LogP contribution in [-0.2, 0) is 12.4 Å². The largest absolute Gasteiger partial charge is 0.417 e. The van der Waals surface area contributed by atoms with E-state index in [2.05, 4.69) is 0 Å². The van der Waals surface area contributed by atoms with Crippen LogP contribution in [-0.4, -0.2) is 0 Å². The number of hydrogen-bond donors (Lipinski definition) is 0. The molecule has 0 spiro atoms. The number of hydrogen-bond acceptors (Lipinski definition) is 2. The molecule has 0 aromatic heterocycles. The predicted octanol–water partition coefficient (Wildman–Crippen LogP) is 9.10. The number of fused-ring (bicyclic) bond motifs is 3. The molecule has 0 bridgehead atoms. The first-order valence-corrected chi connectivity index (χ1v) is 12.2. The van der Waals surface area contributed by atoms with E-state index in [0.29, 0.717) is 12.1 Å². The highest BCUT2D eigenvalue weighted by atomic mass is 19.4. The summed E-state index contributed by atoms with van der Waals surface area (Å²) in [6, 6.07) is 16.6. The quantitative estimate of drug-likeness (QED) is 0.193. The molecule has 10 heteroatoms. The molecule has 4 aromatic carbocycles. The lowest BCUT2D eigenvalue weighted by Crippen LogP contribution is -2.12. The van der Waals surface area contributed by atoms with Gasteiger partial charge in [-0.3, -0.25) is 0 Å². The molecule has 42 heavy (non-hydrogen) atoms. The molecule has 0 amide bonds. The summed E-state index contributed by atoms with van der Waals surface area (Å²) in [6.07, 6.45) is -10.3. The van der Waals surface area contributed by atoms with E-state index in [1.165, 1.54) is 24.3 Å². The van der Waals surface area contributed by atoms with Gasteiger partial charge in [-0.2, -0.15) is 36.9 Å². The van der Waals surface area contributed by atoms with Crippen LogP contribution in [0.25, 0.3) is 60.5 Å². The molecule has 0 N–H and O–H groups in total. The Kier molecular flexibility index (Phi) is 5.88. The van der Waals surface area contributed by atoms with Crippen molar-refractivity contribution in [2.45, 2.75) is 12.4 Å². The second-order valence-corrected chi connectivity index (χ2v) is 9.55. The second-order valence-electron chi connectivity index (χ2n) is 9.55. The fraction of sp³-hybridized carbons (Fsp3) is 0.0625. The van der Waals surface area contributed by atoms with Crippen molar-refractivity contribution in [3.8, 4) is 45.5 Å². The lowest BCUT2D eigenvalue weighted by atomic mass is 9.93. The summed E-state index contributed by atoms with van der Waals surface area (Å²) >= 11 is 0. The molecule has 0 radical (unpaired) electrons. The molecular formula is C32H12F8N2. The van der Waals surface area contributed by atoms with Crippen LogP contribution in [0, 0.1) is 34.3 Å². The lowest BCUT2D eigenvalue weighted by molar-refractivity contribution is -0.140. The summed E-state index contributed by atoms with van der Waals surface area (Å²) in [5.41, 5.74) is -2.20. The molecular weight excluding hydrogens is 564 g/mol. The zero-order valence-corrected chi connectivity index (χ0v) is 20.8. The summed E-state index contributed by atoms with van der Waals surface area (Å²) < 4.78 is 113. The highest BCUT2D eigenvalue weighted by Gasteiger charge is 2.41. The van der Waals surface area contributed by atoms with E-state index in [1.807, 2.05) is 12.1 Å². The van der Waals surface area contributed by atoms with Crippen LogP contribution in [0.3, 0.4) is 0 Å². The first-order valence-electron chi connectivity index (χ1n) is 12.2. The van der Waals surface area contributed by atoms with E-state index in [9.17, 15) is 45.6 Å². The Labute approximate surface area is 231 Å². The van der Waals surface area contributed by atoms with Gasteiger partial charge >= 0.3 is 12.4 Å². The van der Waals surface area contributed by atoms with Crippen LogP contribution in [0.5, 0.6) is 0 Å². The van der Waals surface area contributed by atoms with Crippen molar-refractivity contribution in [2.24, 2.45) is 0 Å². The van der Waals surface area contributed by atoms with Gasteiger partial charge in [0.15, 0.2) is 0 Å². The average molecular weight is 576 g/mol. The predicted molar refractivity (Wildman–Crippen MR) is 140 cm³/mol. The van der Waals surface area contributed by atoms with Crippen LogP contribution < -0.4 is 5.22 Å². The molecule has 6 rings (SSSR count). The molecule has 0 heterocycles. The summed E-state index contributed by atoms with van der Waals surface area (Å²) in [7, 11) is 0. The summed E-state index contributed by atoms with van der Waals surface area (Å²) in [5, 5.41) is 18.6. The standard InChI is InChI=1S/C32H12F8N2/c33-18-5-1-15(2-6-18)24-26(17(13-41)14-42)25(16-3-7-19(34)8-4-16)29-21-10-12-23(32(38,39)40)30-22(31(35,36)37)11-9-20(27(21)30)28(24)29/h1-12H. The molecule has 0 saturated heterocycles. The van der Waals surface area contributed by atoms with E-state index in [4.69, 9.17) is 0 Å². The minimum absolute atomic E-state index is 0.0123. The van der Waals surface area contributed by atoms with Gasteiger partial charge in [0.25, 0.3) is 0 Å². The highest BCUT2D eigenvalue weighted by Crippen LogP contribution is 2.55. The minimum Gasteiger partial charge on any atom is -0.207 e. The Morgan fingerprint density at radius 1 is 0.500 bits per heavy atom. The molecule has 4 aromatic rings. The molecule has 0 aliphatic heterocycles. The maximum absolute atomic E-state index is 14.1. The Balaban J connectivity index is 1.97. The van der Waals surface area contributed by atoms with Gasteiger partial charge in [0, 0.05) is 21.7 Å². The number of nitriles is 2. The Bertz CT molecular complexity index is 1980. The van der Waals surface area contributed by atoms with Crippen molar-refractivity contribution in [2.75, 3.05) is 0 Å². The van der Waals surface area contributed by atoms with Gasteiger partial charge in [0.1, 0.15) is 29.3 Å². The normalized spacial score (nSPS) is 12.2. The topological polar surface area (TPSA) is 47.6 Å². The third-order valence-corrected chi connectivity index (χ3v) is 7.30. The molecule has 2 nitrogen and oxygen atoms in total. The fourth-order valence-corrected chi connectivity index (χ4v) is 5.75. The van der Waals surface area contributed by atoms with Crippen LogP contribution in [0.1, 0.15) is 11.1 Å². The third kappa shape index (κ3) is 3.91. The van der Waals surface area contributed by atoms with Crippen LogP contribution >= 0.6 is 0 Å². The summed E-state index contributed by atoms with van der Waals surface area (Å²) in [4.78, 5) is 0. The zero-order valence-electron chi connectivity index (χ0n) is 20.8. The maximum Gasteiger partial charge on any atom is 0.417 e. The minimum atomic E-state index is -5.13. The Morgan fingerprint density at radius 3 is 1.21 bits per heavy atom. The van der Waals surface area contributed by atoms with Crippen molar-refractivity contribution >= 4 is 27.1 Å². The van der Waals surface area contributed by atoms with Crippen molar-refractivity contribution in [3.63, 3.8) is 0 Å². The molecule has 0 fully saturated rings. The molecule has 0 atom stereocenters. The maximum atomic E-state index is 14.1. The van der Waals surface area contributed by atoms with Crippen molar-refractivity contribution in [3.05, 3.63) is 101 Å². The SMILES string of the molecule is N#CC(C#N)=c1c(-c2ccc(F)cc2)c2c3ccc(C(F)(F)F)c4c(C(F)(F)F)ccc(c-2c1-c1ccc(F)cc1)c34. The van der Waals surface area contributed by atoms with Crippen molar-refractivity contribution in [1.29, 1.82) is 10.5 Å². The van der Waals surface area contributed by atoms with E-state index >= 15 is 0 Å². The monoisotopic (exact) mass is 576 g/mol. The fourth-order valence-electron chi connectivity index (χ4n) is 5.75. The lowest BCUT2D eigenvalue weighted by Gasteiger charge is -2.16. The summed E-state index contributed by atoms with van der Waals surface area (Å²) in [6.45, 7) is 0. The Hall–Kier alpha value is -5.22. The van der Waals surface area contributed by atoms with Crippen molar-refractivity contribution in [1.82, 2.24) is 0 Å². The van der Waals surface area contributed by atoms with Gasteiger partial charge in [-0.1, -0.05) is 36.4 Å². The van der Waals surface area contributed by atoms with Gasteiger partial charge < -0.3 is 0 Å². The number of nitrogens with zero attached hydrogens (tertiary/aromatic N) is 2. The first kappa shape index (κ1) is 27.0.